The first kappa shape index (κ1) is 15.9. The molecular weight excluding hydrogens is 307 g/mol. The van der Waals surface area contributed by atoms with E-state index in [2.05, 4.69) is 15.4 Å². The molecule has 0 bridgehead atoms. The van der Waals surface area contributed by atoms with Gasteiger partial charge in [0.25, 0.3) is 0 Å². The quantitative estimate of drug-likeness (QED) is 0.783. The molecule has 24 heavy (non-hydrogen) atoms. The summed E-state index contributed by atoms with van der Waals surface area (Å²) in [6.45, 7) is 2.30. The average Bonchev–Trinajstić information content (AvgIpc) is 3.08. The van der Waals surface area contributed by atoms with Crippen LogP contribution in [0.3, 0.4) is 0 Å². The summed E-state index contributed by atoms with van der Waals surface area (Å²) in [5.74, 6) is -0.606. The molecule has 5 nitrogen and oxygen atoms in total. The molecule has 0 aliphatic heterocycles. The van der Waals surface area contributed by atoms with Crippen molar-refractivity contribution in [2.45, 2.75) is 13.5 Å². The van der Waals surface area contributed by atoms with Gasteiger partial charge in [0.15, 0.2) is 0 Å². The van der Waals surface area contributed by atoms with Crippen molar-refractivity contribution in [2.24, 2.45) is 5.92 Å². The first-order valence-electron chi connectivity index (χ1n) is 7.61. The summed E-state index contributed by atoms with van der Waals surface area (Å²) in [7, 11) is 0. The molecule has 0 aliphatic rings. The van der Waals surface area contributed by atoms with Crippen LogP contribution in [-0.4, -0.2) is 20.7 Å². The predicted octanol–water partition coefficient (Wildman–Crippen LogP) is 3.36. The first-order chi connectivity index (χ1) is 11.6. The summed E-state index contributed by atoms with van der Waals surface area (Å²) < 4.78 is 14.9. The smallest absolute Gasteiger partial charge is 0.229 e. The summed E-state index contributed by atoms with van der Waals surface area (Å²) in [5, 5.41) is 6.86. The molecule has 3 rings (SSSR count). The van der Waals surface area contributed by atoms with Gasteiger partial charge in [0, 0.05) is 5.69 Å². The summed E-state index contributed by atoms with van der Waals surface area (Å²) in [4.78, 5) is 16.1. The van der Waals surface area contributed by atoms with Gasteiger partial charge in [-0.2, -0.15) is 5.10 Å². The Labute approximate surface area is 139 Å². The highest BCUT2D eigenvalue weighted by atomic mass is 19.1. The molecule has 122 valence electrons. The average molecular weight is 324 g/mol. The Bertz CT molecular complexity index is 815. The molecule has 0 aliphatic carbocycles. The third-order valence-electron chi connectivity index (χ3n) is 3.69. The van der Waals surface area contributed by atoms with E-state index in [1.807, 2.05) is 25.1 Å². The zero-order valence-corrected chi connectivity index (χ0v) is 13.2. The third-order valence-corrected chi connectivity index (χ3v) is 3.69. The molecule has 0 spiro atoms. The van der Waals surface area contributed by atoms with Crippen molar-refractivity contribution >= 4 is 11.6 Å². The highest BCUT2D eigenvalue weighted by molar-refractivity contribution is 5.92. The van der Waals surface area contributed by atoms with Gasteiger partial charge in [-0.1, -0.05) is 31.2 Å². The number of rotatable bonds is 5. The SMILES string of the molecule is C[C@@H](Cn1cncn1)C(=O)Nc1ccc(-c2cccc(F)c2)cc1. The minimum atomic E-state index is -0.271. The highest BCUT2D eigenvalue weighted by Gasteiger charge is 2.14. The van der Waals surface area contributed by atoms with E-state index >= 15 is 0 Å². The van der Waals surface area contributed by atoms with E-state index in [0.717, 1.165) is 11.1 Å². The largest absolute Gasteiger partial charge is 0.326 e. The number of aromatic nitrogens is 3. The van der Waals surface area contributed by atoms with E-state index in [0.29, 0.717) is 12.2 Å². The van der Waals surface area contributed by atoms with E-state index in [1.54, 1.807) is 29.2 Å². The fourth-order valence-corrected chi connectivity index (χ4v) is 2.37. The monoisotopic (exact) mass is 324 g/mol. The van der Waals surface area contributed by atoms with Gasteiger partial charge in [-0.15, -0.1) is 0 Å². The van der Waals surface area contributed by atoms with E-state index in [1.165, 1.54) is 18.5 Å². The van der Waals surface area contributed by atoms with Crippen LogP contribution in [-0.2, 0) is 11.3 Å². The normalized spacial score (nSPS) is 11.9. The van der Waals surface area contributed by atoms with E-state index in [4.69, 9.17) is 0 Å². The minimum Gasteiger partial charge on any atom is -0.326 e. The van der Waals surface area contributed by atoms with E-state index in [-0.39, 0.29) is 17.6 Å². The fraction of sp³-hybridized carbons (Fsp3) is 0.167. The second-order valence-electron chi connectivity index (χ2n) is 5.60. The molecule has 0 saturated carbocycles. The molecule has 0 saturated heterocycles. The minimum absolute atomic E-state index is 0.0935. The second kappa shape index (κ2) is 7.04. The summed E-state index contributed by atoms with van der Waals surface area (Å²) in [6, 6.07) is 13.7. The molecule has 1 aromatic heterocycles. The molecule has 1 heterocycles. The number of halogens is 1. The Balaban J connectivity index is 1.64. The molecule has 1 amide bonds. The van der Waals surface area contributed by atoms with Crippen LogP contribution in [0, 0.1) is 11.7 Å². The number of benzene rings is 2. The molecule has 2 aromatic carbocycles. The van der Waals surface area contributed by atoms with Gasteiger partial charge in [0.1, 0.15) is 18.5 Å². The number of nitrogens with zero attached hydrogens (tertiary/aromatic N) is 3. The zero-order valence-electron chi connectivity index (χ0n) is 13.2. The Morgan fingerprint density at radius 3 is 2.67 bits per heavy atom. The topological polar surface area (TPSA) is 59.8 Å². The maximum absolute atomic E-state index is 13.3. The molecule has 0 unspecified atom stereocenters. The zero-order chi connectivity index (χ0) is 16.9. The Morgan fingerprint density at radius 1 is 1.21 bits per heavy atom. The van der Waals surface area contributed by atoms with Gasteiger partial charge in [0.05, 0.1) is 12.5 Å². The maximum Gasteiger partial charge on any atom is 0.229 e. The number of anilines is 1. The molecule has 0 fully saturated rings. The molecule has 1 N–H and O–H groups in total. The molecule has 0 radical (unpaired) electrons. The lowest BCUT2D eigenvalue weighted by Crippen LogP contribution is -2.24. The van der Waals surface area contributed by atoms with Crippen molar-refractivity contribution in [3.8, 4) is 11.1 Å². The lowest BCUT2D eigenvalue weighted by atomic mass is 10.1. The first-order valence-corrected chi connectivity index (χ1v) is 7.61. The van der Waals surface area contributed by atoms with Crippen molar-refractivity contribution in [1.82, 2.24) is 14.8 Å². The fourth-order valence-electron chi connectivity index (χ4n) is 2.37. The molecular formula is C18H17FN4O. The number of carbonyl (C=O) groups is 1. The van der Waals surface area contributed by atoms with Crippen LogP contribution in [0.1, 0.15) is 6.92 Å². The van der Waals surface area contributed by atoms with Crippen LogP contribution in [0.2, 0.25) is 0 Å². The maximum atomic E-state index is 13.3. The van der Waals surface area contributed by atoms with Gasteiger partial charge in [-0.25, -0.2) is 9.37 Å². The summed E-state index contributed by atoms with van der Waals surface area (Å²) in [6.07, 6.45) is 3.02. The van der Waals surface area contributed by atoms with Crippen LogP contribution >= 0.6 is 0 Å². The van der Waals surface area contributed by atoms with E-state index in [9.17, 15) is 9.18 Å². The number of amides is 1. The number of hydrogen-bond donors (Lipinski definition) is 1. The summed E-state index contributed by atoms with van der Waals surface area (Å²) >= 11 is 0. The van der Waals surface area contributed by atoms with Crippen LogP contribution in [0.25, 0.3) is 11.1 Å². The standard InChI is InChI=1S/C18H17FN4O/c1-13(10-23-12-20-11-21-23)18(24)22-17-7-5-14(6-8-17)15-3-2-4-16(19)9-15/h2-9,11-13H,10H2,1H3,(H,22,24)/t13-/m0/s1. The van der Waals surface area contributed by atoms with Gasteiger partial charge < -0.3 is 5.32 Å². The van der Waals surface area contributed by atoms with E-state index < -0.39 is 0 Å². The number of carbonyl (C=O) groups excluding carboxylic acids is 1. The van der Waals surface area contributed by atoms with Crippen molar-refractivity contribution < 1.29 is 9.18 Å². The van der Waals surface area contributed by atoms with Gasteiger partial charge in [-0.3, -0.25) is 9.48 Å². The van der Waals surface area contributed by atoms with Crippen LogP contribution < -0.4 is 5.32 Å². The second-order valence-corrected chi connectivity index (χ2v) is 5.60. The van der Waals surface area contributed by atoms with Gasteiger partial charge >= 0.3 is 0 Å². The lowest BCUT2D eigenvalue weighted by molar-refractivity contribution is -0.119. The summed E-state index contributed by atoms with van der Waals surface area (Å²) in [5.41, 5.74) is 2.39. The van der Waals surface area contributed by atoms with Crippen LogP contribution in [0.4, 0.5) is 10.1 Å². The Morgan fingerprint density at radius 2 is 2.00 bits per heavy atom. The lowest BCUT2D eigenvalue weighted by Gasteiger charge is -2.12. The molecule has 3 aromatic rings. The Hall–Kier alpha value is -3.02. The van der Waals surface area contributed by atoms with Crippen molar-refractivity contribution in [3.63, 3.8) is 0 Å². The third kappa shape index (κ3) is 3.84. The van der Waals surface area contributed by atoms with Crippen molar-refractivity contribution in [1.29, 1.82) is 0 Å². The van der Waals surface area contributed by atoms with Crippen LogP contribution in [0.15, 0.2) is 61.2 Å². The van der Waals surface area contributed by atoms with Crippen LogP contribution in [0.5, 0.6) is 0 Å². The number of nitrogens with one attached hydrogen (secondary N) is 1. The predicted molar refractivity (Wildman–Crippen MR) is 89.7 cm³/mol. The van der Waals surface area contributed by atoms with Crippen molar-refractivity contribution in [3.05, 3.63) is 67.0 Å². The number of hydrogen-bond acceptors (Lipinski definition) is 3. The highest BCUT2D eigenvalue weighted by Crippen LogP contribution is 2.22. The molecule has 1 atom stereocenters. The van der Waals surface area contributed by atoms with Gasteiger partial charge in [0.2, 0.25) is 5.91 Å². The Kier molecular flexibility index (Phi) is 4.65. The van der Waals surface area contributed by atoms with Gasteiger partial charge in [-0.05, 0) is 35.4 Å². The molecule has 6 heteroatoms. The van der Waals surface area contributed by atoms with Crippen molar-refractivity contribution in [2.75, 3.05) is 5.32 Å².